The molecule has 3 atom stereocenters. The smallest absolute Gasteiger partial charge is 0.380 e. The number of rotatable bonds is 3. The first kappa shape index (κ1) is 24.0. The van der Waals surface area contributed by atoms with E-state index in [2.05, 4.69) is 13.0 Å². The van der Waals surface area contributed by atoms with Crippen molar-refractivity contribution in [3.8, 4) is 5.69 Å². The van der Waals surface area contributed by atoms with Gasteiger partial charge in [0.05, 0.1) is 17.4 Å². The van der Waals surface area contributed by atoms with E-state index in [1.54, 1.807) is 12.1 Å². The zero-order valence-corrected chi connectivity index (χ0v) is 20.5. The van der Waals surface area contributed by atoms with E-state index in [4.69, 9.17) is 5.10 Å². The number of benzene rings is 2. The van der Waals surface area contributed by atoms with Crippen LogP contribution in [0.5, 0.6) is 0 Å². The highest BCUT2D eigenvalue weighted by Crippen LogP contribution is 2.58. The number of alkyl halides is 3. The van der Waals surface area contributed by atoms with E-state index in [0.29, 0.717) is 18.8 Å². The average Bonchev–Trinajstić information content (AvgIpc) is 3.16. The van der Waals surface area contributed by atoms with Crippen LogP contribution in [0.4, 0.5) is 17.6 Å². The van der Waals surface area contributed by atoms with Crippen LogP contribution < -0.4 is 0 Å². The summed E-state index contributed by atoms with van der Waals surface area (Å²) < 4.78 is 57.1. The number of aliphatic hydroxyl groups is 1. The van der Waals surface area contributed by atoms with Crippen molar-refractivity contribution in [2.45, 2.75) is 94.2 Å². The van der Waals surface area contributed by atoms with E-state index in [1.807, 2.05) is 10.9 Å². The van der Waals surface area contributed by atoms with E-state index in [0.717, 1.165) is 48.7 Å². The minimum absolute atomic E-state index is 0.219. The number of nitrogens with zero attached hydrogens (tertiary/aromatic N) is 2. The SMILES string of the molecule is CCC12CCC(O)(C(F)(F)F)CC1CCCc1c2cc2cnn(-c3ccc(F)cc3)c2c1C1CCC1. The Bertz CT molecular complexity index is 1290. The molecule has 3 aliphatic rings. The normalized spacial score (nSPS) is 28.9. The second-order valence-electron chi connectivity index (χ2n) is 11.2. The lowest BCUT2D eigenvalue weighted by Crippen LogP contribution is -2.54. The van der Waals surface area contributed by atoms with E-state index < -0.39 is 11.8 Å². The Kier molecular flexibility index (Phi) is 5.52. The molecule has 0 aliphatic heterocycles. The monoisotopic (exact) mass is 500 g/mol. The number of halogens is 4. The maximum absolute atomic E-state index is 13.8. The maximum atomic E-state index is 13.8. The second-order valence-corrected chi connectivity index (χ2v) is 11.2. The molecule has 3 aliphatic carbocycles. The lowest BCUT2D eigenvalue weighted by molar-refractivity contribution is -0.279. The van der Waals surface area contributed by atoms with Crippen LogP contribution >= 0.6 is 0 Å². The van der Waals surface area contributed by atoms with Gasteiger partial charge in [-0.3, -0.25) is 0 Å². The van der Waals surface area contributed by atoms with Gasteiger partial charge in [0.15, 0.2) is 5.60 Å². The van der Waals surface area contributed by atoms with Crippen molar-refractivity contribution >= 4 is 10.9 Å². The topological polar surface area (TPSA) is 38.1 Å². The lowest BCUT2D eigenvalue weighted by atomic mass is 9.56. The van der Waals surface area contributed by atoms with Gasteiger partial charge in [-0.15, -0.1) is 0 Å². The highest BCUT2D eigenvalue weighted by molar-refractivity contribution is 5.87. The van der Waals surface area contributed by atoms with Crippen LogP contribution in [0, 0.1) is 11.7 Å². The summed E-state index contributed by atoms with van der Waals surface area (Å²) in [6.45, 7) is 2.09. The van der Waals surface area contributed by atoms with Crippen LogP contribution in [0.2, 0.25) is 0 Å². The zero-order chi connectivity index (χ0) is 25.3. The Hall–Kier alpha value is -2.41. The molecule has 0 radical (unpaired) electrons. The molecule has 1 N–H and O–H groups in total. The summed E-state index contributed by atoms with van der Waals surface area (Å²) in [4.78, 5) is 0. The Morgan fingerprint density at radius 1 is 1.08 bits per heavy atom. The molecule has 7 heteroatoms. The molecular formula is C29H32F4N2O. The molecule has 2 fully saturated rings. The predicted octanol–water partition coefficient (Wildman–Crippen LogP) is 7.51. The summed E-state index contributed by atoms with van der Waals surface area (Å²) in [6, 6.07) is 8.53. The number of hydrogen-bond acceptors (Lipinski definition) is 2. The summed E-state index contributed by atoms with van der Waals surface area (Å²) in [5.41, 5.74) is 2.64. The zero-order valence-electron chi connectivity index (χ0n) is 20.5. The van der Waals surface area contributed by atoms with Gasteiger partial charge in [-0.05, 0) is 122 Å². The quantitative estimate of drug-likeness (QED) is 0.378. The molecule has 6 rings (SSSR count). The van der Waals surface area contributed by atoms with E-state index in [-0.39, 0.29) is 30.0 Å². The van der Waals surface area contributed by atoms with Crippen molar-refractivity contribution in [1.82, 2.24) is 9.78 Å². The van der Waals surface area contributed by atoms with Crippen molar-refractivity contribution in [3.63, 3.8) is 0 Å². The van der Waals surface area contributed by atoms with Gasteiger partial charge in [-0.25, -0.2) is 9.07 Å². The van der Waals surface area contributed by atoms with Crippen LogP contribution in [-0.2, 0) is 11.8 Å². The van der Waals surface area contributed by atoms with E-state index in [1.165, 1.54) is 35.2 Å². The summed E-state index contributed by atoms with van der Waals surface area (Å²) in [7, 11) is 0. The largest absolute Gasteiger partial charge is 0.417 e. The van der Waals surface area contributed by atoms with Crippen LogP contribution in [0.1, 0.15) is 87.3 Å². The number of hydrogen-bond donors (Lipinski definition) is 1. The molecule has 0 spiro atoms. The third-order valence-corrected chi connectivity index (χ3v) is 9.61. The Balaban J connectivity index is 1.56. The summed E-state index contributed by atoms with van der Waals surface area (Å²) in [6.07, 6.45) is 3.51. The van der Waals surface area contributed by atoms with Crippen LogP contribution in [-0.4, -0.2) is 26.7 Å². The van der Waals surface area contributed by atoms with E-state index >= 15 is 0 Å². The summed E-state index contributed by atoms with van der Waals surface area (Å²) in [5, 5.41) is 16.3. The molecule has 2 saturated carbocycles. The predicted molar refractivity (Wildman–Crippen MR) is 131 cm³/mol. The fraction of sp³-hybridized carbons (Fsp3) is 0.552. The van der Waals surface area contributed by atoms with Crippen molar-refractivity contribution in [2.24, 2.45) is 5.92 Å². The maximum Gasteiger partial charge on any atom is 0.417 e. The van der Waals surface area contributed by atoms with Crippen molar-refractivity contribution in [3.05, 3.63) is 59.0 Å². The average molecular weight is 501 g/mol. The molecule has 0 amide bonds. The van der Waals surface area contributed by atoms with Gasteiger partial charge in [0.1, 0.15) is 5.82 Å². The first-order valence-electron chi connectivity index (χ1n) is 13.3. The minimum atomic E-state index is -4.61. The van der Waals surface area contributed by atoms with Gasteiger partial charge in [0.25, 0.3) is 0 Å². The Morgan fingerprint density at radius 3 is 2.47 bits per heavy atom. The third kappa shape index (κ3) is 3.45. The third-order valence-electron chi connectivity index (χ3n) is 9.61. The van der Waals surface area contributed by atoms with Gasteiger partial charge in [-0.1, -0.05) is 13.3 Å². The minimum Gasteiger partial charge on any atom is -0.380 e. The molecule has 2 aromatic carbocycles. The highest BCUT2D eigenvalue weighted by Gasteiger charge is 2.60. The molecule has 3 nitrogen and oxygen atoms in total. The standard InChI is InChI=1S/C29H32F4N2O/c1-2-27-13-14-28(36,29(31,32)33)16-20(27)7-4-8-23-24(27)15-19-17-34-35(22-11-9-21(30)10-12-22)26(19)25(23)18-5-3-6-18/h9-12,15,17-18,20,36H,2-8,13-14,16H2,1H3. The van der Waals surface area contributed by atoms with E-state index in [9.17, 15) is 22.7 Å². The summed E-state index contributed by atoms with van der Waals surface area (Å²) in [5.74, 6) is -0.113. The highest BCUT2D eigenvalue weighted by atomic mass is 19.4. The molecule has 0 bridgehead atoms. The Morgan fingerprint density at radius 2 is 1.83 bits per heavy atom. The molecule has 192 valence electrons. The van der Waals surface area contributed by atoms with Crippen molar-refractivity contribution in [1.29, 1.82) is 0 Å². The van der Waals surface area contributed by atoms with Crippen molar-refractivity contribution in [2.75, 3.05) is 0 Å². The van der Waals surface area contributed by atoms with Crippen LogP contribution in [0.25, 0.3) is 16.6 Å². The van der Waals surface area contributed by atoms with Gasteiger partial charge in [0, 0.05) is 5.39 Å². The van der Waals surface area contributed by atoms with Gasteiger partial charge < -0.3 is 5.11 Å². The molecule has 3 unspecified atom stereocenters. The molecular weight excluding hydrogens is 468 g/mol. The van der Waals surface area contributed by atoms with Gasteiger partial charge in [-0.2, -0.15) is 18.3 Å². The molecule has 1 aromatic heterocycles. The summed E-state index contributed by atoms with van der Waals surface area (Å²) >= 11 is 0. The number of aromatic nitrogens is 2. The fourth-order valence-corrected chi connectivity index (χ4v) is 7.41. The Labute approximate surface area is 208 Å². The molecule has 3 aromatic rings. The second kappa shape index (κ2) is 8.30. The first-order chi connectivity index (χ1) is 17.2. The molecule has 1 heterocycles. The van der Waals surface area contributed by atoms with Crippen molar-refractivity contribution < 1.29 is 22.7 Å². The molecule has 0 saturated heterocycles. The number of fused-ring (bicyclic) bond motifs is 4. The van der Waals surface area contributed by atoms with Gasteiger partial charge >= 0.3 is 6.18 Å². The fourth-order valence-electron chi connectivity index (χ4n) is 7.41. The van der Waals surface area contributed by atoms with Gasteiger partial charge in [0.2, 0.25) is 0 Å². The lowest BCUT2D eigenvalue weighted by Gasteiger charge is -2.50. The molecule has 36 heavy (non-hydrogen) atoms. The van der Waals surface area contributed by atoms with Crippen LogP contribution in [0.15, 0.2) is 36.5 Å². The van der Waals surface area contributed by atoms with Crippen LogP contribution in [0.3, 0.4) is 0 Å². The first-order valence-corrected chi connectivity index (χ1v) is 13.3.